The van der Waals surface area contributed by atoms with Gasteiger partial charge >= 0.3 is 0 Å². The van der Waals surface area contributed by atoms with Crippen molar-refractivity contribution in [3.8, 4) is 0 Å². The average molecular weight is 278 g/mol. The van der Waals surface area contributed by atoms with Crippen LogP contribution in [0.3, 0.4) is 0 Å². The molecule has 0 aliphatic heterocycles. The highest BCUT2D eigenvalue weighted by Crippen LogP contribution is 2.21. The summed E-state index contributed by atoms with van der Waals surface area (Å²) < 4.78 is 1.83. The third kappa shape index (κ3) is 4.00. The first kappa shape index (κ1) is 13.9. The van der Waals surface area contributed by atoms with E-state index in [0.717, 1.165) is 22.7 Å². The van der Waals surface area contributed by atoms with Crippen LogP contribution in [0.4, 0.5) is 5.82 Å². The molecule has 0 saturated carbocycles. The Labute approximate surface area is 119 Å². The molecule has 19 heavy (non-hydrogen) atoms. The SMILES string of the molecule is CC(C)(C)Cc1cc(N)n(Cc2cccc(Cl)c2)n1. The zero-order valence-electron chi connectivity index (χ0n) is 11.7. The summed E-state index contributed by atoms with van der Waals surface area (Å²) >= 11 is 5.98. The molecule has 2 rings (SSSR count). The first-order valence-corrected chi connectivity index (χ1v) is 6.78. The summed E-state index contributed by atoms with van der Waals surface area (Å²) in [5.41, 5.74) is 8.36. The molecule has 0 aliphatic carbocycles. The Hall–Kier alpha value is -1.48. The number of hydrogen-bond acceptors (Lipinski definition) is 2. The van der Waals surface area contributed by atoms with Crippen molar-refractivity contribution >= 4 is 17.4 Å². The maximum Gasteiger partial charge on any atom is 0.122 e. The number of nitrogens with two attached hydrogens (primary N) is 1. The third-order valence-corrected chi connectivity index (χ3v) is 3.03. The second-order valence-electron chi connectivity index (χ2n) is 6.09. The van der Waals surface area contributed by atoms with Crippen molar-refractivity contribution in [3.05, 3.63) is 46.6 Å². The Morgan fingerprint density at radius 2 is 2.00 bits per heavy atom. The monoisotopic (exact) mass is 277 g/mol. The average Bonchev–Trinajstić information content (AvgIpc) is 2.56. The van der Waals surface area contributed by atoms with E-state index in [2.05, 4.69) is 25.9 Å². The van der Waals surface area contributed by atoms with Crippen LogP contribution in [0.5, 0.6) is 0 Å². The van der Waals surface area contributed by atoms with Gasteiger partial charge in [-0.2, -0.15) is 5.10 Å². The molecule has 0 spiro atoms. The fraction of sp³-hybridized carbons (Fsp3) is 0.400. The van der Waals surface area contributed by atoms with Crippen LogP contribution in [0.15, 0.2) is 30.3 Å². The van der Waals surface area contributed by atoms with E-state index in [1.807, 2.05) is 35.0 Å². The molecule has 1 aromatic heterocycles. The Bertz CT molecular complexity index is 567. The number of aromatic nitrogens is 2. The van der Waals surface area contributed by atoms with E-state index in [1.54, 1.807) is 0 Å². The Balaban J connectivity index is 2.17. The number of anilines is 1. The predicted molar refractivity (Wildman–Crippen MR) is 80.4 cm³/mol. The lowest BCUT2D eigenvalue weighted by Crippen LogP contribution is -2.10. The van der Waals surface area contributed by atoms with Crippen molar-refractivity contribution in [2.75, 3.05) is 5.73 Å². The quantitative estimate of drug-likeness (QED) is 0.928. The molecule has 0 aliphatic rings. The zero-order valence-corrected chi connectivity index (χ0v) is 12.4. The molecule has 2 N–H and O–H groups in total. The van der Waals surface area contributed by atoms with Gasteiger partial charge in [-0.1, -0.05) is 44.5 Å². The van der Waals surface area contributed by atoms with Crippen molar-refractivity contribution in [2.24, 2.45) is 5.41 Å². The van der Waals surface area contributed by atoms with Crippen molar-refractivity contribution in [1.82, 2.24) is 9.78 Å². The van der Waals surface area contributed by atoms with Crippen LogP contribution in [-0.2, 0) is 13.0 Å². The Morgan fingerprint density at radius 1 is 1.26 bits per heavy atom. The molecule has 0 atom stereocenters. The molecule has 102 valence electrons. The van der Waals surface area contributed by atoms with Gasteiger partial charge in [0.2, 0.25) is 0 Å². The van der Waals surface area contributed by atoms with Gasteiger partial charge in [0.25, 0.3) is 0 Å². The zero-order chi connectivity index (χ0) is 14.0. The molecule has 4 heteroatoms. The summed E-state index contributed by atoms with van der Waals surface area (Å²) in [7, 11) is 0. The summed E-state index contributed by atoms with van der Waals surface area (Å²) in [5, 5.41) is 5.30. The summed E-state index contributed by atoms with van der Waals surface area (Å²) in [6, 6.07) is 9.72. The Morgan fingerprint density at radius 3 is 2.63 bits per heavy atom. The highest BCUT2D eigenvalue weighted by molar-refractivity contribution is 6.30. The molecule has 0 amide bonds. The van der Waals surface area contributed by atoms with E-state index in [-0.39, 0.29) is 5.41 Å². The number of nitrogen functional groups attached to an aromatic ring is 1. The van der Waals surface area contributed by atoms with Crippen molar-refractivity contribution in [1.29, 1.82) is 0 Å². The molecule has 1 heterocycles. The largest absolute Gasteiger partial charge is 0.384 e. The van der Waals surface area contributed by atoms with Gasteiger partial charge in [0, 0.05) is 11.1 Å². The first-order valence-electron chi connectivity index (χ1n) is 6.40. The second-order valence-corrected chi connectivity index (χ2v) is 6.52. The highest BCUT2D eigenvalue weighted by Gasteiger charge is 2.15. The van der Waals surface area contributed by atoms with Gasteiger partial charge in [-0.15, -0.1) is 0 Å². The fourth-order valence-corrected chi connectivity index (χ4v) is 2.26. The third-order valence-electron chi connectivity index (χ3n) is 2.79. The van der Waals surface area contributed by atoms with Gasteiger partial charge in [-0.25, -0.2) is 4.68 Å². The molecule has 2 aromatic rings. The van der Waals surface area contributed by atoms with Crippen LogP contribution in [0, 0.1) is 5.41 Å². The molecule has 1 aromatic carbocycles. The van der Waals surface area contributed by atoms with Crippen molar-refractivity contribution in [2.45, 2.75) is 33.7 Å². The predicted octanol–water partition coefficient (Wildman–Crippen LogP) is 3.76. The first-order chi connectivity index (χ1) is 8.83. The normalized spacial score (nSPS) is 11.8. The van der Waals surface area contributed by atoms with Gasteiger partial charge in [0.1, 0.15) is 5.82 Å². The van der Waals surface area contributed by atoms with E-state index in [9.17, 15) is 0 Å². The summed E-state index contributed by atoms with van der Waals surface area (Å²) in [6.45, 7) is 7.23. The van der Waals surface area contributed by atoms with E-state index < -0.39 is 0 Å². The standard InChI is InChI=1S/C15H20ClN3/c1-15(2,3)9-13-8-14(17)19(18-13)10-11-5-4-6-12(16)7-11/h4-8H,9-10,17H2,1-3H3. The van der Waals surface area contributed by atoms with Gasteiger partial charge in [-0.3, -0.25) is 0 Å². The van der Waals surface area contributed by atoms with E-state index in [4.69, 9.17) is 17.3 Å². The Kier molecular flexibility index (Phi) is 3.85. The van der Waals surface area contributed by atoms with Crippen LogP contribution in [0.25, 0.3) is 0 Å². The molecule has 3 nitrogen and oxygen atoms in total. The van der Waals surface area contributed by atoms with E-state index >= 15 is 0 Å². The molecular formula is C15H20ClN3. The summed E-state index contributed by atoms with van der Waals surface area (Å²) in [4.78, 5) is 0. The molecule has 0 fully saturated rings. The van der Waals surface area contributed by atoms with E-state index in [1.165, 1.54) is 0 Å². The lowest BCUT2D eigenvalue weighted by Gasteiger charge is -2.15. The molecule has 0 unspecified atom stereocenters. The minimum Gasteiger partial charge on any atom is -0.384 e. The number of halogens is 1. The number of rotatable bonds is 3. The maximum atomic E-state index is 6.01. The van der Waals surface area contributed by atoms with Gasteiger partial charge in [0.15, 0.2) is 0 Å². The van der Waals surface area contributed by atoms with Crippen molar-refractivity contribution < 1.29 is 0 Å². The highest BCUT2D eigenvalue weighted by atomic mass is 35.5. The number of nitrogens with zero attached hydrogens (tertiary/aromatic N) is 2. The molecular weight excluding hydrogens is 258 g/mol. The second kappa shape index (κ2) is 5.25. The number of benzene rings is 1. The summed E-state index contributed by atoms with van der Waals surface area (Å²) in [6.07, 6.45) is 0.916. The molecule has 0 saturated heterocycles. The van der Waals surface area contributed by atoms with Crippen LogP contribution < -0.4 is 5.73 Å². The van der Waals surface area contributed by atoms with Gasteiger partial charge in [0.05, 0.1) is 12.2 Å². The fourth-order valence-electron chi connectivity index (χ4n) is 2.05. The summed E-state index contributed by atoms with van der Waals surface area (Å²) in [5.74, 6) is 0.694. The van der Waals surface area contributed by atoms with E-state index in [0.29, 0.717) is 12.4 Å². The van der Waals surface area contributed by atoms with Crippen LogP contribution >= 0.6 is 11.6 Å². The minimum absolute atomic E-state index is 0.210. The lowest BCUT2D eigenvalue weighted by atomic mass is 9.91. The lowest BCUT2D eigenvalue weighted by molar-refractivity contribution is 0.404. The van der Waals surface area contributed by atoms with Gasteiger partial charge < -0.3 is 5.73 Å². The van der Waals surface area contributed by atoms with Crippen LogP contribution in [0.2, 0.25) is 5.02 Å². The number of hydrogen-bond donors (Lipinski definition) is 1. The van der Waals surface area contributed by atoms with Crippen LogP contribution in [0.1, 0.15) is 32.0 Å². The topological polar surface area (TPSA) is 43.8 Å². The van der Waals surface area contributed by atoms with Crippen molar-refractivity contribution in [3.63, 3.8) is 0 Å². The molecule has 0 bridgehead atoms. The maximum absolute atomic E-state index is 6.01. The molecule has 0 radical (unpaired) electrons. The van der Waals surface area contributed by atoms with Gasteiger partial charge in [-0.05, 0) is 29.5 Å². The minimum atomic E-state index is 0.210. The smallest absolute Gasteiger partial charge is 0.122 e. The van der Waals surface area contributed by atoms with Crippen LogP contribution in [-0.4, -0.2) is 9.78 Å².